The van der Waals surface area contributed by atoms with Crippen LogP contribution in [0.5, 0.6) is 0 Å². The molecule has 1 saturated carbocycles. The van der Waals surface area contributed by atoms with Crippen molar-refractivity contribution in [2.75, 3.05) is 0 Å². The lowest BCUT2D eigenvalue weighted by molar-refractivity contribution is 0.430. The van der Waals surface area contributed by atoms with Gasteiger partial charge in [-0.3, -0.25) is 0 Å². The third kappa shape index (κ3) is 4.12. The SMILES string of the molecule is Cl.Clc1ccc(/C(=C/n2ccnc2)C2CCCCC2)cc1. The van der Waals surface area contributed by atoms with E-state index in [1.54, 1.807) is 0 Å². The van der Waals surface area contributed by atoms with Gasteiger partial charge < -0.3 is 4.57 Å². The topological polar surface area (TPSA) is 17.8 Å². The Morgan fingerprint density at radius 2 is 1.86 bits per heavy atom. The van der Waals surface area contributed by atoms with Gasteiger partial charge in [-0.1, -0.05) is 43.0 Å². The van der Waals surface area contributed by atoms with Gasteiger partial charge in [-0.15, -0.1) is 12.4 Å². The number of benzene rings is 1. The van der Waals surface area contributed by atoms with Crippen LogP contribution in [-0.2, 0) is 0 Å². The van der Waals surface area contributed by atoms with Crippen LogP contribution in [0.25, 0.3) is 11.8 Å². The lowest BCUT2D eigenvalue weighted by Gasteiger charge is -2.25. The number of rotatable bonds is 3. The summed E-state index contributed by atoms with van der Waals surface area (Å²) in [6.07, 6.45) is 14.5. The van der Waals surface area contributed by atoms with Gasteiger partial charge >= 0.3 is 0 Å². The molecule has 21 heavy (non-hydrogen) atoms. The molecule has 4 heteroatoms. The van der Waals surface area contributed by atoms with Gasteiger partial charge in [-0.25, -0.2) is 4.98 Å². The van der Waals surface area contributed by atoms with Crippen molar-refractivity contribution in [3.8, 4) is 0 Å². The molecule has 0 aliphatic heterocycles. The standard InChI is InChI=1S/C17H19ClN2.ClH/c18-16-8-6-15(7-9-16)17(12-20-11-10-19-13-20)14-4-2-1-3-5-14;/h6-14H,1-5H2;1H/b17-12+;. The minimum atomic E-state index is 0. The van der Waals surface area contributed by atoms with Crippen molar-refractivity contribution in [1.82, 2.24) is 9.55 Å². The summed E-state index contributed by atoms with van der Waals surface area (Å²) >= 11 is 6.01. The number of hydrogen-bond donors (Lipinski definition) is 0. The second-order valence-electron chi connectivity index (χ2n) is 5.44. The second kappa shape index (κ2) is 7.67. The molecule has 0 unspecified atom stereocenters. The van der Waals surface area contributed by atoms with E-state index in [0.717, 1.165) is 5.02 Å². The van der Waals surface area contributed by atoms with Crippen molar-refractivity contribution in [3.05, 3.63) is 53.6 Å². The Bertz CT molecular complexity index is 567. The second-order valence-corrected chi connectivity index (χ2v) is 5.87. The first-order valence-electron chi connectivity index (χ1n) is 7.28. The third-order valence-corrected chi connectivity index (χ3v) is 4.29. The van der Waals surface area contributed by atoms with E-state index >= 15 is 0 Å². The monoisotopic (exact) mass is 322 g/mol. The molecule has 3 rings (SSSR count). The maximum absolute atomic E-state index is 6.01. The number of aromatic nitrogens is 2. The molecule has 2 nitrogen and oxygen atoms in total. The molecule has 1 aliphatic rings. The molecule has 0 radical (unpaired) electrons. The zero-order chi connectivity index (χ0) is 13.8. The van der Waals surface area contributed by atoms with Gasteiger partial charge in [0.1, 0.15) is 0 Å². The van der Waals surface area contributed by atoms with Gasteiger partial charge in [0.15, 0.2) is 0 Å². The van der Waals surface area contributed by atoms with Crippen LogP contribution >= 0.6 is 24.0 Å². The summed E-state index contributed by atoms with van der Waals surface area (Å²) in [5.74, 6) is 0.646. The molecule has 1 aromatic carbocycles. The third-order valence-electron chi connectivity index (χ3n) is 4.04. The summed E-state index contributed by atoms with van der Waals surface area (Å²) in [5, 5.41) is 0.791. The zero-order valence-corrected chi connectivity index (χ0v) is 13.5. The predicted octanol–water partition coefficient (Wildman–Crippen LogP) is 5.54. The largest absolute Gasteiger partial charge is 0.313 e. The Morgan fingerprint density at radius 3 is 2.48 bits per heavy atom. The molecule has 1 aromatic heterocycles. The van der Waals surface area contributed by atoms with E-state index in [0.29, 0.717) is 5.92 Å². The van der Waals surface area contributed by atoms with E-state index in [1.165, 1.54) is 43.2 Å². The highest BCUT2D eigenvalue weighted by molar-refractivity contribution is 6.30. The summed E-state index contributed by atoms with van der Waals surface area (Å²) in [7, 11) is 0. The molecular formula is C17H20Cl2N2. The average molecular weight is 323 g/mol. The van der Waals surface area contributed by atoms with E-state index in [9.17, 15) is 0 Å². The van der Waals surface area contributed by atoms with Crippen LogP contribution in [0.4, 0.5) is 0 Å². The highest BCUT2D eigenvalue weighted by Gasteiger charge is 2.19. The van der Waals surface area contributed by atoms with E-state index in [1.807, 2.05) is 35.4 Å². The molecule has 0 saturated heterocycles. The minimum absolute atomic E-state index is 0. The van der Waals surface area contributed by atoms with Gasteiger partial charge in [-0.05, 0) is 42.0 Å². The molecule has 0 atom stereocenters. The first kappa shape index (κ1) is 16.1. The maximum Gasteiger partial charge on any atom is 0.0986 e. The smallest absolute Gasteiger partial charge is 0.0986 e. The molecule has 0 spiro atoms. The molecule has 0 N–H and O–H groups in total. The molecule has 2 aromatic rings. The fraction of sp³-hybridized carbons (Fsp3) is 0.353. The van der Waals surface area contributed by atoms with Crippen LogP contribution in [0.1, 0.15) is 37.7 Å². The predicted molar refractivity (Wildman–Crippen MR) is 91.7 cm³/mol. The Labute approximate surface area is 137 Å². The summed E-state index contributed by atoms with van der Waals surface area (Å²) < 4.78 is 2.04. The van der Waals surface area contributed by atoms with Gasteiger partial charge in [0.2, 0.25) is 0 Å². The summed E-state index contributed by atoms with van der Waals surface area (Å²) in [6.45, 7) is 0. The molecule has 112 valence electrons. The quantitative estimate of drug-likeness (QED) is 0.725. The number of halogens is 2. The van der Waals surface area contributed by atoms with Gasteiger partial charge in [0.25, 0.3) is 0 Å². The Balaban J connectivity index is 0.00000161. The molecule has 0 bridgehead atoms. The van der Waals surface area contributed by atoms with Crippen LogP contribution in [0.15, 0.2) is 43.0 Å². The van der Waals surface area contributed by atoms with Crippen LogP contribution < -0.4 is 0 Å². The van der Waals surface area contributed by atoms with Crippen LogP contribution in [0.2, 0.25) is 5.02 Å². The van der Waals surface area contributed by atoms with Crippen LogP contribution in [-0.4, -0.2) is 9.55 Å². The zero-order valence-electron chi connectivity index (χ0n) is 11.9. The van der Waals surface area contributed by atoms with E-state index in [4.69, 9.17) is 11.6 Å². The fourth-order valence-electron chi connectivity index (χ4n) is 2.98. The van der Waals surface area contributed by atoms with Crippen LogP contribution in [0, 0.1) is 5.92 Å². The summed E-state index contributed by atoms with van der Waals surface area (Å²) in [5.41, 5.74) is 2.68. The Hall–Kier alpha value is -1.25. The van der Waals surface area contributed by atoms with Crippen LogP contribution in [0.3, 0.4) is 0 Å². The summed E-state index contributed by atoms with van der Waals surface area (Å²) in [6, 6.07) is 8.20. The van der Waals surface area contributed by atoms with Crippen molar-refractivity contribution >= 4 is 35.8 Å². The van der Waals surface area contributed by atoms with Crippen molar-refractivity contribution in [2.45, 2.75) is 32.1 Å². The first-order chi connectivity index (χ1) is 9.83. The van der Waals surface area contributed by atoms with E-state index in [2.05, 4.69) is 23.3 Å². The molecule has 1 aliphatic carbocycles. The van der Waals surface area contributed by atoms with Crippen molar-refractivity contribution < 1.29 is 0 Å². The lowest BCUT2D eigenvalue weighted by Crippen LogP contribution is -2.09. The normalized spacial score (nSPS) is 16.5. The van der Waals surface area contributed by atoms with Crippen molar-refractivity contribution in [1.29, 1.82) is 0 Å². The fourth-order valence-corrected chi connectivity index (χ4v) is 3.10. The van der Waals surface area contributed by atoms with Crippen molar-refractivity contribution in [2.24, 2.45) is 5.92 Å². The summed E-state index contributed by atoms with van der Waals surface area (Å²) in [4.78, 5) is 4.13. The number of hydrogen-bond acceptors (Lipinski definition) is 1. The molecular weight excluding hydrogens is 303 g/mol. The number of nitrogens with zero attached hydrogens (tertiary/aromatic N) is 2. The first-order valence-corrected chi connectivity index (χ1v) is 7.66. The van der Waals surface area contributed by atoms with Gasteiger partial charge in [-0.2, -0.15) is 0 Å². The maximum atomic E-state index is 6.01. The Kier molecular flexibility index (Phi) is 5.89. The highest BCUT2D eigenvalue weighted by Crippen LogP contribution is 2.36. The number of allylic oxidation sites excluding steroid dienone is 1. The van der Waals surface area contributed by atoms with Gasteiger partial charge in [0, 0.05) is 23.6 Å². The lowest BCUT2D eigenvalue weighted by atomic mass is 9.81. The average Bonchev–Trinajstić information content (AvgIpc) is 3.00. The van der Waals surface area contributed by atoms with E-state index < -0.39 is 0 Å². The van der Waals surface area contributed by atoms with Gasteiger partial charge in [0.05, 0.1) is 6.33 Å². The molecule has 1 fully saturated rings. The molecule has 1 heterocycles. The number of imidazole rings is 1. The highest BCUT2D eigenvalue weighted by atomic mass is 35.5. The Morgan fingerprint density at radius 1 is 1.14 bits per heavy atom. The minimum Gasteiger partial charge on any atom is -0.313 e. The molecule has 0 amide bonds. The van der Waals surface area contributed by atoms with Crippen molar-refractivity contribution in [3.63, 3.8) is 0 Å². The van der Waals surface area contributed by atoms with E-state index in [-0.39, 0.29) is 12.4 Å².